The number of hydrogen-bond donors (Lipinski definition) is 1. The van der Waals surface area contributed by atoms with E-state index in [1.807, 2.05) is 43.3 Å². The van der Waals surface area contributed by atoms with Gasteiger partial charge in [-0.25, -0.2) is 10.4 Å². The van der Waals surface area contributed by atoms with Crippen LogP contribution in [0.3, 0.4) is 0 Å². The summed E-state index contributed by atoms with van der Waals surface area (Å²) in [5.41, 5.74) is 4.30. The van der Waals surface area contributed by atoms with E-state index in [1.165, 1.54) is 0 Å². The molecule has 0 amide bonds. The molecule has 1 heterocycles. The number of anilines is 1. The summed E-state index contributed by atoms with van der Waals surface area (Å²) >= 11 is 3.44. The first-order chi connectivity index (χ1) is 12.1. The van der Waals surface area contributed by atoms with Gasteiger partial charge < -0.3 is 4.74 Å². The Morgan fingerprint density at radius 1 is 1.32 bits per heavy atom. The van der Waals surface area contributed by atoms with E-state index >= 15 is 0 Å². The Labute approximate surface area is 153 Å². The maximum absolute atomic E-state index is 12.5. The molecule has 0 fully saturated rings. The molecule has 128 valence electrons. The molecule has 25 heavy (non-hydrogen) atoms. The van der Waals surface area contributed by atoms with Gasteiger partial charge in [0.05, 0.1) is 28.7 Å². The Kier molecular flexibility index (Phi) is 5.14. The molecule has 2 aromatic carbocycles. The number of methoxy groups -OCH3 is 1. The van der Waals surface area contributed by atoms with Gasteiger partial charge >= 0.3 is 0 Å². The molecular formula is C18H17BrN4O2. The van der Waals surface area contributed by atoms with Gasteiger partial charge in [-0.05, 0) is 58.7 Å². The Hall–Kier alpha value is -2.67. The average molecular weight is 401 g/mol. The predicted octanol–water partition coefficient (Wildman–Crippen LogP) is 3.63. The van der Waals surface area contributed by atoms with Crippen molar-refractivity contribution in [3.63, 3.8) is 0 Å². The van der Waals surface area contributed by atoms with Gasteiger partial charge in [0.15, 0.2) is 0 Å². The molecule has 6 nitrogen and oxygen atoms in total. The van der Waals surface area contributed by atoms with E-state index in [4.69, 9.17) is 4.74 Å². The van der Waals surface area contributed by atoms with Crippen LogP contribution in [0.15, 0.2) is 56.8 Å². The number of aromatic nitrogens is 2. The van der Waals surface area contributed by atoms with Gasteiger partial charge in [0.25, 0.3) is 5.56 Å². The number of rotatable bonds is 5. The lowest BCUT2D eigenvalue weighted by atomic mass is 10.2. The van der Waals surface area contributed by atoms with E-state index in [9.17, 15) is 4.79 Å². The zero-order chi connectivity index (χ0) is 17.8. The van der Waals surface area contributed by atoms with Crippen molar-refractivity contribution in [2.24, 2.45) is 5.10 Å². The van der Waals surface area contributed by atoms with Gasteiger partial charge in [-0.1, -0.05) is 12.1 Å². The normalized spacial score (nSPS) is 11.2. The molecule has 7 heteroatoms. The minimum Gasteiger partial charge on any atom is -0.496 e. The first kappa shape index (κ1) is 17.2. The van der Waals surface area contributed by atoms with Gasteiger partial charge in [-0.3, -0.25) is 9.36 Å². The van der Waals surface area contributed by atoms with Crippen molar-refractivity contribution >= 4 is 39.0 Å². The number of halogens is 1. The molecule has 0 unspecified atom stereocenters. The molecule has 0 spiro atoms. The fraction of sp³-hybridized carbons (Fsp3) is 0.167. The number of hydrogen-bond acceptors (Lipinski definition) is 5. The second-order valence-corrected chi connectivity index (χ2v) is 6.12. The van der Waals surface area contributed by atoms with Crippen LogP contribution in [-0.4, -0.2) is 22.9 Å². The Morgan fingerprint density at radius 3 is 2.84 bits per heavy atom. The molecule has 0 saturated heterocycles. The molecule has 0 atom stereocenters. The molecule has 1 N–H and O–H groups in total. The van der Waals surface area contributed by atoms with E-state index in [0.29, 0.717) is 23.4 Å². The SMILES string of the molecule is CCn1c(N/N=C\c2ccc(OC)c(Br)c2)nc2ccccc2c1=O. The highest BCUT2D eigenvalue weighted by Gasteiger charge is 2.08. The number of nitrogens with one attached hydrogen (secondary N) is 1. The third kappa shape index (κ3) is 3.56. The predicted molar refractivity (Wildman–Crippen MR) is 104 cm³/mol. The highest BCUT2D eigenvalue weighted by atomic mass is 79.9. The Bertz CT molecular complexity index is 998. The summed E-state index contributed by atoms with van der Waals surface area (Å²) in [6, 6.07) is 12.9. The summed E-state index contributed by atoms with van der Waals surface area (Å²) in [6.45, 7) is 2.40. The number of benzene rings is 2. The van der Waals surface area contributed by atoms with Crippen molar-refractivity contribution in [2.75, 3.05) is 12.5 Å². The second-order valence-electron chi connectivity index (χ2n) is 5.27. The third-order valence-electron chi connectivity index (χ3n) is 3.73. The van der Waals surface area contributed by atoms with E-state index < -0.39 is 0 Å². The van der Waals surface area contributed by atoms with Gasteiger partial charge in [0.2, 0.25) is 5.95 Å². The fourth-order valence-electron chi connectivity index (χ4n) is 2.47. The monoisotopic (exact) mass is 400 g/mol. The molecule has 0 aliphatic heterocycles. The Balaban J connectivity index is 1.90. The molecule has 0 aliphatic rings. The van der Waals surface area contributed by atoms with E-state index in [2.05, 4.69) is 31.4 Å². The number of hydrazone groups is 1. The summed E-state index contributed by atoms with van der Waals surface area (Å²) < 4.78 is 7.60. The molecule has 0 saturated carbocycles. The molecule has 3 aromatic rings. The summed E-state index contributed by atoms with van der Waals surface area (Å²) in [5, 5.41) is 4.80. The van der Waals surface area contributed by atoms with Gasteiger partial charge in [0, 0.05) is 6.54 Å². The topological polar surface area (TPSA) is 68.5 Å². The van der Waals surface area contributed by atoms with Crippen molar-refractivity contribution in [3.05, 3.63) is 62.9 Å². The van der Waals surface area contributed by atoms with Gasteiger partial charge in [-0.2, -0.15) is 5.10 Å². The van der Waals surface area contributed by atoms with Crippen molar-refractivity contribution in [2.45, 2.75) is 13.5 Å². The highest BCUT2D eigenvalue weighted by Crippen LogP contribution is 2.24. The maximum atomic E-state index is 12.5. The quantitative estimate of drug-likeness (QED) is 0.524. The van der Waals surface area contributed by atoms with Crippen LogP contribution in [-0.2, 0) is 6.54 Å². The number of nitrogens with zero attached hydrogens (tertiary/aromatic N) is 3. The van der Waals surface area contributed by atoms with E-state index in [1.54, 1.807) is 24.0 Å². The van der Waals surface area contributed by atoms with Crippen molar-refractivity contribution < 1.29 is 4.74 Å². The lowest BCUT2D eigenvalue weighted by molar-refractivity contribution is 0.412. The maximum Gasteiger partial charge on any atom is 0.262 e. The lowest BCUT2D eigenvalue weighted by Crippen LogP contribution is -2.23. The molecule has 3 rings (SSSR count). The smallest absolute Gasteiger partial charge is 0.262 e. The van der Waals surface area contributed by atoms with Crippen molar-refractivity contribution in [1.82, 2.24) is 9.55 Å². The van der Waals surface area contributed by atoms with Crippen LogP contribution < -0.4 is 15.7 Å². The zero-order valence-electron chi connectivity index (χ0n) is 13.9. The fourth-order valence-corrected chi connectivity index (χ4v) is 3.03. The molecular weight excluding hydrogens is 384 g/mol. The first-order valence-electron chi connectivity index (χ1n) is 7.76. The number of fused-ring (bicyclic) bond motifs is 1. The second kappa shape index (κ2) is 7.48. The van der Waals surface area contributed by atoms with Crippen LogP contribution in [0.2, 0.25) is 0 Å². The molecule has 0 bridgehead atoms. The number of para-hydroxylation sites is 1. The molecule has 1 aromatic heterocycles. The van der Waals surface area contributed by atoms with E-state index in [0.717, 1.165) is 15.8 Å². The van der Waals surface area contributed by atoms with E-state index in [-0.39, 0.29) is 5.56 Å². The minimum absolute atomic E-state index is 0.0852. The first-order valence-corrected chi connectivity index (χ1v) is 8.55. The standard InChI is InChI=1S/C18H17BrN4O2/c1-3-23-17(24)13-6-4-5-7-15(13)21-18(23)22-20-11-12-8-9-16(25-2)14(19)10-12/h4-11H,3H2,1-2H3,(H,21,22)/b20-11-. The molecule has 0 aliphatic carbocycles. The summed E-state index contributed by atoms with van der Waals surface area (Å²) in [6.07, 6.45) is 1.66. The van der Waals surface area contributed by atoms with Crippen LogP contribution in [0.4, 0.5) is 5.95 Å². The van der Waals surface area contributed by atoms with Crippen LogP contribution in [0, 0.1) is 0 Å². The van der Waals surface area contributed by atoms with Crippen LogP contribution in [0.5, 0.6) is 5.75 Å². The van der Waals surface area contributed by atoms with Crippen LogP contribution in [0.1, 0.15) is 12.5 Å². The summed E-state index contributed by atoms with van der Waals surface area (Å²) in [5.74, 6) is 1.16. The van der Waals surface area contributed by atoms with Crippen LogP contribution in [0.25, 0.3) is 10.9 Å². The zero-order valence-corrected chi connectivity index (χ0v) is 15.4. The van der Waals surface area contributed by atoms with Gasteiger partial charge in [-0.15, -0.1) is 0 Å². The average Bonchev–Trinajstić information content (AvgIpc) is 2.62. The van der Waals surface area contributed by atoms with Crippen LogP contribution >= 0.6 is 15.9 Å². The summed E-state index contributed by atoms with van der Waals surface area (Å²) in [7, 11) is 1.62. The lowest BCUT2D eigenvalue weighted by Gasteiger charge is -2.10. The molecule has 0 radical (unpaired) electrons. The van der Waals surface area contributed by atoms with Crippen molar-refractivity contribution in [3.8, 4) is 5.75 Å². The van der Waals surface area contributed by atoms with Gasteiger partial charge in [0.1, 0.15) is 5.75 Å². The van der Waals surface area contributed by atoms with Crippen molar-refractivity contribution in [1.29, 1.82) is 0 Å². The Morgan fingerprint density at radius 2 is 2.12 bits per heavy atom. The largest absolute Gasteiger partial charge is 0.496 e. The minimum atomic E-state index is -0.0852. The number of ether oxygens (including phenoxy) is 1. The highest BCUT2D eigenvalue weighted by molar-refractivity contribution is 9.10. The third-order valence-corrected chi connectivity index (χ3v) is 4.35. The summed E-state index contributed by atoms with van der Waals surface area (Å²) in [4.78, 5) is 17.0.